The molecule has 1 aromatic rings. The van der Waals surface area contributed by atoms with E-state index in [4.69, 9.17) is 0 Å². The van der Waals surface area contributed by atoms with Crippen molar-refractivity contribution < 1.29 is 0 Å². The first-order valence-corrected chi connectivity index (χ1v) is 7.44. The molecule has 2 rings (SSSR count). The first-order chi connectivity index (χ1) is 9.00. The van der Waals surface area contributed by atoms with Crippen molar-refractivity contribution in [1.29, 1.82) is 0 Å². The van der Waals surface area contributed by atoms with Crippen LogP contribution in [0.1, 0.15) is 41.1 Å². The third kappa shape index (κ3) is 3.18. The van der Waals surface area contributed by atoms with Gasteiger partial charge in [0.05, 0.1) is 0 Å². The van der Waals surface area contributed by atoms with Crippen LogP contribution in [0.3, 0.4) is 0 Å². The molecule has 2 nitrogen and oxygen atoms in total. The highest BCUT2D eigenvalue weighted by molar-refractivity contribution is 5.40. The van der Waals surface area contributed by atoms with Gasteiger partial charge in [-0.25, -0.2) is 0 Å². The van der Waals surface area contributed by atoms with Gasteiger partial charge in [-0.05, 0) is 89.0 Å². The lowest BCUT2D eigenvalue weighted by atomic mass is 9.88. The first-order valence-electron chi connectivity index (χ1n) is 7.44. The normalized spacial score (nSPS) is 21.1. The van der Waals surface area contributed by atoms with Gasteiger partial charge in [-0.1, -0.05) is 12.1 Å². The predicted octanol–water partition coefficient (Wildman–Crippen LogP) is 3.21. The Morgan fingerprint density at radius 3 is 2.53 bits per heavy atom. The van der Waals surface area contributed by atoms with Gasteiger partial charge in [0.15, 0.2) is 0 Å². The maximum Gasteiger partial charge on any atom is 0.0347 e. The molecule has 2 atom stereocenters. The minimum Gasteiger partial charge on any atom is -0.316 e. The van der Waals surface area contributed by atoms with Crippen LogP contribution in [-0.4, -0.2) is 32.1 Å². The number of rotatable bonds is 4. The van der Waals surface area contributed by atoms with Crippen molar-refractivity contribution in [3.05, 3.63) is 34.4 Å². The molecule has 1 aromatic carbocycles. The summed E-state index contributed by atoms with van der Waals surface area (Å²) in [7, 11) is 4.42. The molecule has 1 fully saturated rings. The van der Waals surface area contributed by atoms with Crippen LogP contribution in [0.4, 0.5) is 0 Å². The number of nitrogens with one attached hydrogen (secondary N) is 1. The van der Waals surface area contributed by atoms with Crippen molar-refractivity contribution in [2.45, 2.75) is 39.7 Å². The van der Waals surface area contributed by atoms with E-state index < -0.39 is 0 Å². The van der Waals surface area contributed by atoms with E-state index in [9.17, 15) is 0 Å². The number of hydrogen-bond donors (Lipinski definition) is 1. The van der Waals surface area contributed by atoms with Crippen molar-refractivity contribution in [3.63, 3.8) is 0 Å². The van der Waals surface area contributed by atoms with Crippen LogP contribution in [0.2, 0.25) is 0 Å². The molecule has 1 aliphatic heterocycles. The molecule has 1 heterocycles. The Bertz CT molecular complexity index is 431. The monoisotopic (exact) mass is 260 g/mol. The maximum absolute atomic E-state index is 3.48. The smallest absolute Gasteiger partial charge is 0.0347 e. The topological polar surface area (TPSA) is 15.3 Å². The van der Waals surface area contributed by atoms with Crippen LogP contribution in [-0.2, 0) is 0 Å². The van der Waals surface area contributed by atoms with E-state index in [0.29, 0.717) is 6.04 Å². The molecule has 106 valence electrons. The average molecular weight is 260 g/mol. The molecule has 0 bridgehead atoms. The van der Waals surface area contributed by atoms with Gasteiger partial charge in [0.25, 0.3) is 0 Å². The zero-order valence-electron chi connectivity index (χ0n) is 13.1. The molecule has 2 unspecified atom stereocenters. The van der Waals surface area contributed by atoms with E-state index in [1.807, 2.05) is 0 Å². The van der Waals surface area contributed by atoms with E-state index >= 15 is 0 Å². The van der Waals surface area contributed by atoms with E-state index in [0.717, 1.165) is 5.92 Å². The van der Waals surface area contributed by atoms with Crippen molar-refractivity contribution in [2.75, 3.05) is 27.2 Å². The van der Waals surface area contributed by atoms with Crippen LogP contribution in [0.15, 0.2) is 12.1 Å². The van der Waals surface area contributed by atoms with Gasteiger partial charge in [-0.3, -0.25) is 0 Å². The summed E-state index contributed by atoms with van der Waals surface area (Å²) in [6, 6.07) is 5.16. The maximum atomic E-state index is 3.48. The molecule has 19 heavy (non-hydrogen) atoms. The second kappa shape index (κ2) is 6.06. The predicted molar refractivity (Wildman–Crippen MR) is 82.7 cm³/mol. The zero-order valence-corrected chi connectivity index (χ0v) is 13.1. The largest absolute Gasteiger partial charge is 0.316 e. The number of benzene rings is 1. The van der Waals surface area contributed by atoms with E-state index in [2.05, 4.69) is 57.2 Å². The zero-order chi connectivity index (χ0) is 14.0. The Labute approximate surface area is 118 Å². The van der Waals surface area contributed by atoms with Crippen LogP contribution in [0.5, 0.6) is 0 Å². The summed E-state index contributed by atoms with van der Waals surface area (Å²) >= 11 is 0. The Hall–Kier alpha value is -0.860. The van der Waals surface area contributed by atoms with Crippen molar-refractivity contribution >= 4 is 0 Å². The lowest BCUT2D eigenvalue weighted by molar-refractivity contribution is 0.252. The summed E-state index contributed by atoms with van der Waals surface area (Å²) < 4.78 is 0. The fraction of sp³-hybridized carbons (Fsp3) is 0.647. The highest BCUT2D eigenvalue weighted by Crippen LogP contribution is 2.32. The summed E-state index contributed by atoms with van der Waals surface area (Å²) in [6.45, 7) is 9.11. The molecule has 0 aliphatic carbocycles. The van der Waals surface area contributed by atoms with Gasteiger partial charge >= 0.3 is 0 Å². The summed E-state index contributed by atoms with van der Waals surface area (Å²) in [5.74, 6) is 0.827. The Balaban J connectivity index is 2.25. The van der Waals surface area contributed by atoms with Crippen LogP contribution in [0.25, 0.3) is 0 Å². The lowest BCUT2D eigenvalue weighted by Crippen LogP contribution is -2.24. The molecular formula is C17H28N2. The lowest BCUT2D eigenvalue weighted by Gasteiger charge is -2.29. The quantitative estimate of drug-likeness (QED) is 0.894. The van der Waals surface area contributed by atoms with Crippen LogP contribution < -0.4 is 5.32 Å². The molecule has 2 heteroatoms. The SMILES string of the molecule is Cc1ccc(C(CC2CCNC2)N(C)C)c(C)c1C. The van der Waals surface area contributed by atoms with Gasteiger partial charge in [-0.15, -0.1) is 0 Å². The van der Waals surface area contributed by atoms with Gasteiger partial charge < -0.3 is 10.2 Å². The minimum atomic E-state index is 0.546. The summed E-state index contributed by atoms with van der Waals surface area (Å²) in [6.07, 6.45) is 2.59. The standard InChI is InChI=1S/C17H28N2/c1-12-6-7-16(14(3)13(12)2)17(19(4)5)10-15-8-9-18-11-15/h6-7,15,17-18H,8-11H2,1-5H3. The van der Waals surface area contributed by atoms with Gasteiger partial charge in [0.1, 0.15) is 0 Å². The van der Waals surface area contributed by atoms with E-state index in [1.54, 1.807) is 0 Å². The molecule has 0 radical (unpaired) electrons. The van der Waals surface area contributed by atoms with E-state index in [-0.39, 0.29) is 0 Å². The summed E-state index contributed by atoms with van der Waals surface area (Å²) in [5.41, 5.74) is 5.85. The Morgan fingerprint density at radius 1 is 1.21 bits per heavy atom. The van der Waals surface area contributed by atoms with E-state index in [1.165, 1.54) is 48.2 Å². The summed E-state index contributed by atoms with van der Waals surface area (Å²) in [4.78, 5) is 2.38. The molecule has 0 aromatic heterocycles. The molecule has 1 N–H and O–H groups in total. The number of hydrogen-bond acceptors (Lipinski definition) is 2. The van der Waals surface area contributed by atoms with Crippen molar-refractivity contribution in [1.82, 2.24) is 10.2 Å². The van der Waals surface area contributed by atoms with Crippen molar-refractivity contribution in [2.24, 2.45) is 5.92 Å². The molecule has 0 amide bonds. The fourth-order valence-corrected chi connectivity index (χ4v) is 3.19. The second-order valence-corrected chi connectivity index (χ2v) is 6.30. The van der Waals surface area contributed by atoms with Crippen LogP contribution in [0, 0.1) is 26.7 Å². The number of aryl methyl sites for hydroxylation is 1. The third-order valence-electron chi connectivity index (χ3n) is 4.80. The van der Waals surface area contributed by atoms with Gasteiger partial charge in [-0.2, -0.15) is 0 Å². The van der Waals surface area contributed by atoms with Crippen molar-refractivity contribution in [3.8, 4) is 0 Å². The summed E-state index contributed by atoms with van der Waals surface area (Å²) in [5, 5.41) is 3.48. The minimum absolute atomic E-state index is 0.546. The Kier molecular flexibility index (Phi) is 4.64. The van der Waals surface area contributed by atoms with Gasteiger partial charge in [0, 0.05) is 6.04 Å². The van der Waals surface area contributed by atoms with Crippen LogP contribution >= 0.6 is 0 Å². The average Bonchev–Trinajstić information content (AvgIpc) is 2.87. The highest BCUT2D eigenvalue weighted by Gasteiger charge is 2.24. The molecule has 1 aliphatic rings. The first kappa shape index (κ1) is 14.5. The molecule has 1 saturated heterocycles. The Morgan fingerprint density at radius 2 is 1.95 bits per heavy atom. The third-order valence-corrected chi connectivity index (χ3v) is 4.80. The highest BCUT2D eigenvalue weighted by atomic mass is 15.1. The molecule has 0 spiro atoms. The second-order valence-electron chi connectivity index (χ2n) is 6.30. The molecule has 0 saturated carbocycles. The molecular weight excluding hydrogens is 232 g/mol. The fourth-order valence-electron chi connectivity index (χ4n) is 3.19. The number of nitrogens with zero attached hydrogens (tertiary/aromatic N) is 1. The van der Waals surface area contributed by atoms with Gasteiger partial charge in [0.2, 0.25) is 0 Å².